The van der Waals surface area contributed by atoms with Crippen LogP contribution < -0.4 is 0 Å². The third-order valence-electron chi connectivity index (χ3n) is 6.02. The van der Waals surface area contributed by atoms with E-state index in [1.807, 2.05) is 6.07 Å². The van der Waals surface area contributed by atoms with Gasteiger partial charge in [0.25, 0.3) is 0 Å². The van der Waals surface area contributed by atoms with E-state index in [0.29, 0.717) is 36.6 Å². The fourth-order valence-corrected chi connectivity index (χ4v) is 4.72. The van der Waals surface area contributed by atoms with E-state index in [1.54, 1.807) is 6.92 Å². The number of likely N-dealkylation sites (N-methyl/N-ethyl adjacent to an activating group) is 1. The minimum Gasteiger partial charge on any atom is -0.339 e. The molecule has 3 atom stereocenters. The first kappa shape index (κ1) is 18.2. The lowest BCUT2D eigenvalue weighted by atomic mass is 10.0. The molecule has 0 spiro atoms. The second-order valence-electron chi connectivity index (χ2n) is 7.81. The molecule has 2 fully saturated rings. The van der Waals surface area contributed by atoms with E-state index in [1.165, 1.54) is 18.4 Å². The number of hydrogen-bond acceptors (Lipinski definition) is 5. The number of likely N-dealkylation sites (tertiary alicyclic amines) is 2. The second kappa shape index (κ2) is 7.80. The zero-order valence-corrected chi connectivity index (χ0v) is 16.2. The molecule has 0 aliphatic carbocycles. The Morgan fingerprint density at radius 3 is 2.78 bits per heavy atom. The molecule has 27 heavy (non-hydrogen) atoms. The van der Waals surface area contributed by atoms with Gasteiger partial charge in [-0.3, -0.25) is 4.79 Å². The van der Waals surface area contributed by atoms with Crippen molar-refractivity contribution in [2.45, 2.75) is 63.6 Å². The van der Waals surface area contributed by atoms with E-state index in [9.17, 15) is 4.79 Å². The summed E-state index contributed by atoms with van der Waals surface area (Å²) in [5, 5.41) is 3.82. The average molecular weight is 368 g/mol. The number of aromatic nitrogens is 2. The Morgan fingerprint density at radius 1 is 1.22 bits per heavy atom. The van der Waals surface area contributed by atoms with Crippen LogP contribution in [0, 0.1) is 6.92 Å². The number of fused-ring (bicyclic) bond motifs is 1. The van der Waals surface area contributed by atoms with E-state index in [2.05, 4.69) is 51.3 Å². The highest BCUT2D eigenvalue weighted by atomic mass is 16.5. The quantitative estimate of drug-likeness (QED) is 0.830. The maximum Gasteiger partial charge on any atom is 0.227 e. The molecular formula is C21H28N4O2. The highest BCUT2D eigenvalue weighted by molar-refractivity contribution is 5.78. The minimum atomic E-state index is 0.152. The van der Waals surface area contributed by atoms with Gasteiger partial charge in [0.2, 0.25) is 11.8 Å². The molecule has 144 valence electrons. The Hall–Kier alpha value is -2.21. The van der Waals surface area contributed by atoms with Gasteiger partial charge in [0.1, 0.15) is 0 Å². The molecule has 2 aliphatic heterocycles. The van der Waals surface area contributed by atoms with Crippen molar-refractivity contribution in [1.29, 1.82) is 0 Å². The standard InChI is InChI=1S/C21H28N4O2/c1-15-22-20(27-23-15)11-12-21(26)25-17-10-6-7-13-24(2)19(17)14-18(25)16-8-4-3-5-9-16/h3-5,8-9,17-19H,6-7,10-14H2,1-2H3/t17-,18-,19+/m1/s1. The summed E-state index contributed by atoms with van der Waals surface area (Å²) in [7, 11) is 2.21. The highest BCUT2D eigenvalue weighted by Crippen LogP contribution is 2.41. The van der Waals surface area contributed by atoms with Crippen LogP contribution in [0.1, 0.15) is 55.4 Å². The van der Waals surface area contributed by atoms with Crippen LogP contribution >= 0.6 is 0 Å². The van der Waals surface area contributed by atoms with Crippen LogP contribution in [0.3, 0.4) is 0 Å². The van der Waals surface area contributed by atoms with Gasteiger partial charge in [-0.25, -0.2) is 0 Å². The molecular weight excluding hydrogens is 340 g/mol. The molecule has 4 rings (SSSR count). The number of rotatable bonds is 4. The van der Waals surface area contributed by atoms with Crippen LogP contribution in [-0.2, 0) is 11.2 Å². The van der Waals surface area contributed by atoms with Crippen molar-refractivity contribution in [1.82, 2.24) is 19.9 Å². The Kier molecular flexibility index (Phi) is 5.25. The molecule has 0 bridgehead atoms. The summed E-state index contributed by atoms with van der Waals surface area (Å²) in [6.45, 7) is 2.92. The first-order chi connectivity index (χ1) is 13.1. The largest absolute Gasteiger partial charge is 0.339 e. The molecule has 6 heteroatoms. The average Bonchev–Trinajstić information content (AvgIpc) is 3.22. The lowest BCUT2D eigenvalue weighted by Gasteiger charge is -2.33. The maximum atomic E-state index is 13.3. The molecule has 2 aliphatic rings. The molecule has 6 nitrogen and oxygen atoms in total. The van der Waals surface area contributed by atoms with Crippen molar-refractivity contribution in [3.05, 3.63) is 47.6 Å². The van der Waals surface area contributed by atoms with E-state index in [-0.39, 0.29) is 11.9 Å². The summed E-state index contributed by atoms with van der Waals surface area (Å²) >= 11 is 0. The Morgan fingerprint density at radius 2 is 2.04 bits per heavy atom. The summed E-state index contributed by atoms with van der Waals surface area (Å²) in [6.07, 6.45) is 5.41. The van der Waals surface area contributed by atoms with Crippen molar-refractivity contribution >= 4 is 5.91 Å². The van der Waals surface area contributed by atoms with Gasteiger partial charge in [0.05, 0.1) is 6.04 Å². The third-order valence-corrected chi connectivity index (χ3v) is 6.02. The number of benzene rings is 1. The van der Waals surface area contributed by atoms with Crippen molar-refractivity contribution in [3.63, 3.8) is 0 Å². The summed E-state index contributed by atoms with van der Waals surface area (Å²) in [5.74, 6) is 1.36. The van der Waals surface area contributed by atoms with Crippen LogP contribution in [0.5, 0.6) is 0 Å². The highest BCUT2D eigenvalue weighted by Gasteiger charge is 2.45. The molecule has 0 saturated carbocycles. The van der Waals surface area contributed by atoms with Crippen molar-refractivity contribution < 1.29 is 9.32 Å². The van der Waals surface area contributed by atoms with Gasteiger partial charge in [-0.2, -0.15) is 4.98 Å². The predicted octanol–water partition coefficient (Wildman–Crippen LogP) is 3.14. The lowest BCUT2D eigenvalue weighted by molar-refractivity contribution is -0.134. The second-order valence-corrected chi connectivity index (χ2v) is 7.81. The van der Waals surface area contributed by atoms with Gasteiger partial charge in [-0.05, 0) is 45.3 Å². The molecule has 0 radical (unpaired) electrons. The molecule has 1 amide bonds. The first-order valence-corrected chi connectivity index (χ1v) is 9.99. The van der Waals surface area contributed by atoms with Crippen LogP contribution in [0.25, 0.3) is 0 Å². The van der Waals surface area contributed by atoms with Gasteiger partial charge in [-0.15, -0.1) is 0 Å². The molecule has 1 aromatic heterocycles. The number of nitrogens with zero attached hydrogens (tertiary/aromatic N) is 4. The number of amides is 1. The Bertz CT molecular complexity index is 775. The SMILES string of the molecule is Cc1noc(CCC(=O)N2[C@@H](c3ccccc3)C[C@H]3[C@H]2CCCCN3C)n1. The number of carbonyl (C=O) groups excluding carboxylic acids is 1. The van der Waals surface area contributed by atoms with Crippen molar-refractivity contribution in [2.24, 2.45) is 0 Å². The smallest absolute Gasteiger partial charge is 0.227 e. The van der Waals surface area contributed by atoms with Crippen LogP contribution in [-0.4, -0.2) is 51.5 Å². The summed E-state index contributed by atoms with van der Waals surface area (Å²) < 4.78 is 5.19. The van der Waals surface area contributed by atoms with Gasteiger partial charge >= 0.3 is 0 Å². The van der Waals surface area contributed by atoms with Crippen molar-refractivity contribution in [2.75, 3.05) is 13.6 Å². The number of hydrogen-bond donors (Lipinski definition) is 0. The monoisotopic (exact) mass is 368 g/mol. The topological polar surface area (TPSA) is 62.5 Å². The zero-order valence-electron chi connectivity index (χ0n) is 16.2. The fourth-order valence-electron chi connectivity index (χ4n) is 4.72. The van der Waals surface area contributed by atoms with Gasteiger partial charge in [0.15, 0.2) is 5.82 Å². The Balaban J connectivity index is 1.57. The van der Waals surface area contributed by atoms with Gasteiger partial charge in [-0.1, -0.05) is 41.9 Å². The third kappa shape index (κ3) is 3.76. The molecule has 0 unspecified atom stereocenters. The Labute approximate surface area is 160 Å². The molecule has 3 heterocycles. The van der Waals surface area contributed by atoms with Gasteiger partial charge in [0, 0.05) is 24.9 Å². The molecule has 1 aromatic carbocycles. The number of aryl methyl sites for hydroxylation is 2. The summed E-state index contributed by atoms with van der Waals surface area (Å²) in [5.41, 5.74) is 1.24. The number of carbonyl (C=O) groups is 1. The van der Waals surface area contributed by atoms with E-state index in [0.717, 1.165) is 19.4 Å². The molecule has 0 N–H and O–H groups in total. The maximum absolute atomic E-state index is 13.3. The fraction of sp³-hybridized carbons (Fsp3) is 0.571. The summed E-state index contributed by atoms with van der Waals surface area (Å²) in [4.78, 5) is 22.2. The van der Waals surface area contributed by atoms with Crippen molar-refractivity contribution in [3.8, 4) is 0 Å². The van der Waals surface area contributed by atoms with Crippen LogP contribution in [0.2, 0.25) is 0 Å². The van der Waals surface area contributed by atoms with E-state index >= 15 is 0 Å². The molecule has 2 aromatic rings. The van der Waals surface area contributed by atoms with E-state index < -0.39 is 0 Å². The van der Waals surface area contributed by atoms with Crippen LogP contribution in [0.15, 0.2) is 34.9 Å². The minimum absolute atomic E-state index is 0.152. The lowest BCUT2D eigenvalue weighted by Crippen LogP contribution is -2.44. The molecule has 2 saturated heterocycles. The van der Waals surface area contributed by atoms with E-state index in [4.69, 9.17) is 4.52 Å². The predicted molar refractivity (Wildman–Crippen MR) is 102 cm³/mol. The van der Waals surface area contributed by atoms with Gasteiger partial charge < -0.3 is 14.3 Å². The van der Waals surface area contributed by atoms with Crippen LogP contribution in [0.4, 0.5) is 0 Å². The summed E-state index contributed by atoms with van der Waals surface area (Å²) in [6, 6.07) is 11.3. The zero-order chi connectivity index (χ0) is 18.8. The first-order valence-electron chi connectivity index (χ1n) is 9.99. The normalized spacial score (nSPS) is 26.0.